The molecule has 21 heavy (non-hydrogen) atoms. The highest BCUT2D eigenvalue weighted by Gasteiger charge is 2.34. The molecule has 3 rings (SSSR count). The van der Waals surface area contributed by atoms with E-state index in [1.54, 1.807) is 0 Å². The third kappa shape index (κ3) is 2.48. The first-order chi connectivity index (χ1) is 9.97. The zero-order valence-electron chi connectivity index (χ0n) is 10.8. The van der Waals surface area contributed by atoms with Gasteiger partial charge in [0.05, 0.1) is 17.6 Å². The molecule has 0 saturated heterocycles. The van der Waals surface area contributed by atoms with E-state index in [-0.39, 0.29) is 5.69 Å². The molecule has 0 fully saturated rings. The highest BCUT2D eigenvalue weighted by atomic mass is 19.4. The molecule has 3 heterocycles. The van der Waals surface area contributed by atoms with Gasteiger partial charge in [0.15, 0.2) is 0 Å². The van der Waals surface area contributed by atoms with E-state index in [2.05, 4.69) is 15.2 Å². The molecule has 110 valence electrons. The summed E-state index contributed by atoms with van der Waals surface area (Å²) in [5.41, 5.74) is 0.115. The fourth-order valence-electron chi connectivity index (χ4n) is 2.32. The second kappa shape index (κ2) is 4.87. The number of fused-ring (bicyclic) bond motifs is 1. The predicted molar refractivity (Wildman–Crippen MR) is 67.8 cm³/mol. The number of alkyl halides is 3. The van der Waals surface area contributed by atoms with Crippen molar-refractivity contribution in [3.63, 3.8) is 0 Å². The maximum Gasteiger partial charge on any atom is 0.433 e. The molecule has 1 amide bonds. The topological polar surface area (TPSA) is 61.9 Å². The normalized spacial score (nSPS) is 14.9. The summed E-state index contributed by atoms with van der Waals surface area (Å²) in [6, 6.07) is 3.31. The van der Waals surface area contributed by atoms with Crippen molar-refractivity contribution in [2.45, 2.75) is 19.0 Å². The van der Waals surface area contributed by atoms with Crippen LogP contribution in [0.4, 0.5) is 18.9 Å². The van der Waals surface area contributed by atoms with Crippen LogP contribution in [-0.2, 0) is 12.6 Å². The van der Waals surface area contributed by atoms with Gasteiger partial charge in [-0.3, -0.25) is 9.89 Å². The lowest BCUT2D eigenvalue weighted by Gasteiger charge is -2.26. The number of hydrogen-bond donors (Lipinski definition) is 1. The van der Waals surface area contributed by atoms with Crippen molar-refractivity contribution in [3.05, 3.63) is 41.5 Å². The Morgan fingerprint density at radius 3 is 2.90 bits per heavy atom. The molecule has 0 radical (unpaired) electrons. The van der Waals surface area contributed by atoms with E-state index < -0.39 is 17.8 Å². The average molecular weight is 296 g/mol. The third-order valence-electron chi connectivity index (χ3n) is 3.30. The number of amides is 1. The number of H-pyrrole nitrogens is 1. The highest BCUT2D eigenvalue weighted by molar-refractivity contribution is 6.05. The number of nitrogens with zero attached hydrogens (tertiary/aromatic N) is 3. The van der Waals surface area contributed by atoms with Crippen molar-refractivity contribution in [3.8, 4) is 0 Å². The molecule has 0 bridgehead atoms. The number of carbonyl (C=O) groups excluding carboxylic acids is 1. The van der Waals surface area contributed by atoms with Gasteiger partial charge in [-0.25, -0.2) is 4.98 Å². The van der Waals surface area contributed by atoms with Crippen LogP contribution in [0.25, 0.3) is 0 Å². The summed E-state index contributed by atoms with van der Waals surface area (Å²) in [5, 5.41) is 6.65. The number of nitrogens with one attached hydrogen (secondary N) is 1. The molecule has 0 spiro atoms. The molecule has 0 saturated carbocycles. The summed E-state index contributed by atoms with van der Waals surface area (Å²) >= 11 is 0. The van der Waals surface area contributed by atoms with Crippen molar-refractivity contribution in [1.29, 1.82) is 0 Å². The summed E-state index contributed by atoms with van der Waals surface area (Å²) in [4.78, 5) is 17.2. The molecule has 0 aromatic carbocycles. The standard InChI is InChI=1S/C13H11F3N4O/c14-13(15,16)11-5-1-3-9(18-11)12(21)20-6-2-4-8-10(20)7-17-19-8/h1,3,5,7H,2,4,6H2,(H,17,19). The summed E-state index contributed by atoms with van der Waals surface area (Å²) in [7, 11) is 0. The van der Waals surface area contributed by atoms with Crippen LogP contribution >= 0.6 is 0 Å². The molecule has 5 nitrogen and oxygen atoms in total. The van der Waals surface area contributed by atoms with E-state index >= 15 is 0 Å². The van der Waals surface area contributed by atoms with Crippen molar-refractivity contribution in [1.82, 2.24) is 15.2 Å². The Balaban J connectivity index is 1.94. The van der Waals surface area contributed by atoms with E-state index in [0.717, 1.165) is 24.6 Å². The van der Waals surface area contributed by atoms with Crippen molar-refractivity contribution >= 4 is 11.6 Å². The summed E-state index contributed by atoms with van der Waals surface area (Å²) < 4.78 is 38.0. The van der Waals surface area contributed by atoms with Gasteiger partial charge in [-0.2, -0.15) is 18.3 Å². The van der Waals surface area contributed by atoms with Gasteiger partial charge in [0.1, 0.15) is 11.4 Å². The first-order valence-corrected chi connectivity index (χ1v) is 6.35. The van der Waals surface area contributed by atoms with Crippen molar-refractivity contribution in [2.24, 2.45) is 0 Å². The number of aromatic amines is 1. The van der Waals surface area contributed by atoms with Gasteiger partial charge in [-0.15, -0.1) is 0 Å². The lowest BCUT2D eigenvalue weighted by molar-refractivity contribution is -0.141. The quantitative estimate of drug-likeness (QED) is 0.879. The van der Waals surface area contributed by atoms with E-state index in [0.29, 0.717) is 12.2 Å². The molecule has 1 aliphatic heterocycles. The Labute approximate surface area is 117 Å². The largest absolute Gasteiger partial charge is 0.433 e. The number of aryl methyl sites for hydroxylation is 1. The van der Waals surface area contributed by atoms with E-state index in [1.807, 2.05) is 0 Å². The van der Waals surface area contributed by atoms with E-state index in [1.165, 1.54) is 23.2 Å². The lowest BCUT2D eigenvalue weighted by atomic mass is 10.1. The lowest BCUT2D eigenvalue weighted by Crippen LogP contribution is -2.35. The molecular formula is C13H11F3N4O. The summed E-state index contributed by atoms with van der Waals surface area (Å²) in [5.74, 6) is -0.552. The van der Waals surface area contributed by atoms with Gasteiger partial charge in [0.2, 0.25) is 0 Å². The zero-order chi connectivity index (χ0) is 15.0. The Bertz CT molecular complexity index is 680. The molecule has 2 aromatic rings. The first-order valence-electron chi connectivity index (χ1n) is 6.35. The smallest absolute Gasteiger partial charge is 0.304 e. The van der Waals surface area contributed by atoms with Gasteiger partial charge >= 0.3 is 6.18 Å². The second-order valence-electron chi connectivity index (χ2n) is 4.70. The van der Waals surface area contributed by atoms with Crippen LogP contribution in [-0.4, -0.2) is 27.6 Å². The van der Waals surface area contributed by atoms with Crippen molar-refractivity contribution < 1.29 is 18.0 Å². The Hall–Kier alpha value is -2.38. The van der Waals surface area contributed by atoms with Crippen LogP contribution < -0.4 is 4.90 Å². The number of halogens is 3. The van der Waals surface area contributed by atoms with Crippen LogP contribution in [0, 0.1) is 0 Å². The highest BCUT2D eigenvalue weighted by Crippen LogP contribution is 2.29. The van der Waals surface area contributed by atoms with Crippen LogP contribution in [0.3, 0.4) is 0 Å². The fourth-order valence-corrected chi connectivity index (χ4v) is 2.32. The van der Waals surface area contributed by atoms with Gasteiger partial charge < -0.3 is 4.90 Å². The maximum absolute atomic E-state index is 12.7. The number of anilines is 1. The minimum atomic E-state index is -4.57. The third-order valence-corrected chi connectivity index (χ3v) is 3.30. The van der Waals surface area contributed by atoms with E-state index in [9.17, 15) is 18.0 Å². The molecule has 2 aromatic heterocycles. The first kappa shape index (κ1) is 13.6. The SMILES string of the molecule is O=C(c1cccc(C(F)(F)F)n1)N1CCCc2[nH]ncc21. The van der Waals surface area contributed by atoms with Gasteiger partial charge in [0, 0.05) is 6.54 Å². The molecular weight excluding hydrogens is 285 g/mol. The molecule has 1 aliphatic rings. The molecule has 8 heteroatoms. The average Bonchev–Trinajstić information content (AvgIpc) is 2.94. The van der Waals surface area contributed by atoms with Crippen LogP contribution in [0.2, 0.25) is 0 Å². The van der Waals surface area contributed by atoms with E-state index in [4.69, 9.17) is 0 Å². The number of aromatic nitrogens is 3. The number of carbonyl (C=O) groups is 1. The monoisotopic (exact) mass is 296 g/mol. The van der Waals surface area contributed by atoms with Crippen LogP contribution in [0.15, 0.2) is 24.4 Å². The molecule has 0 aliphatic carbocycles. The minimum absolute atomic E-state index is 0.223. The minimum Gasteiger partial charge on any atom is -0.304 e. The number of rotatable bonds is 1. The molecule has 1 N–H and O–H groups in total. The maximum atomic E-state index is 12.7. The van der Waals surface area contributed by atoms with Gasteiger partial charge in [0.25, 0.3) is 5.91 Å². The fraction of sp³-hybridized carbons (Fsp3) is 0.308. The Kier molecular flexibility index (Phi) is 3.15. The second-order valence-corrected chi connectivity index (χ2v) is 4.70. The predicted octanol–water partition coefficient (Wildman–Crippen LogP) is 2.42. The van der Waals surface area contributed by atoms with Crippen LogP contribution in [0.5, 0.6) is 0 Å². The number of pyridine rings is 1. The number of hydrogen-bond acceptors (Lipinski definition) is 3. The summed E-state index contributed by atoms with van der Waals surface area (Å²) in [6.45, 7) is 0.434. The van der Waals surface area contributed by atoms with Gasteiger partial charge in [-0.05, 0) is 25.0 Å². The Morgan fingerprint density at radius 1 is 1.33 bits per heavy atom. The van der Waals surface area contributed by atoms with Gasteiger partial charge in [-0.1, -0.05) is 6.07 Å². The zero-order valence-corrected chi connectivity index (χ0v) is 10.8. The van der Waals surface area contributed by atoms with Crippen molar-refractivity contribution in [2.75, 3.05) is 11.4 Å². The summed E-state index contributed by atoms with van der Waals surface area (Å²) in [6.07, 6.45) is -1.59. The van der Waals surface area contributed by atoms with Crippen LogP contribution in [0.1, 0.15) is 28.3 Å². The Morgan fingerprint density at radius 2 is 2.14 bits per heavy atom. The molecule has 0 atom stereocenters. The molecule has 0 unspecified atom stereocenters.